The van der Waals surface area contributed by atoms with Crippen molar-refractivity contribution in [2.24, 2.45) is 11.8 Å². The van der Waals surface area contributed by atoms with E-state index < -0.39 is 11.9 Å². The summed E-state index contributed by atoms with van der Waals surface area (Å²) in [5.74, 6) is -0.875. The second-order valence-corrected chi connectivity index (χ2v) is 5.99. The summed E-state index contributed by atoms with van der Waals surface area (Å²) in [6.45, 7) is 2.51. The second kappa shape index (κ2) is 6.28. The fourth-order valence-electron chi connectivity index (χ4n) is 3.04. The first-order valence-corrected chi connectivity index (χ1v) is 7.67. The number of hydrogen-bond donors (Lipinski definition) is 1. The molecule has 1 amide bonds. The summed E-state index contributed by atoms with van der Waals surface area (Å²) in [5, 5.41) is 11.2. The molecule has 5 nitrogen and oxygen atoms in total. The van der Waals surface area contributed by atoms with E-state index in [9.17, 15) is 9.59 Å². The van der Waals surface area contributed by atoms with Gasteiger partial charge in [0.05, 0.1) is 5.92 Å². The lowest BCUT2D eigenvalue weighted by atomic mass is 9.99. The molecule has 0 saturated carbocycles. The first-order chi connectivity index (χ1) is 11.1. The van der Waals surface area contributed by atoms with Crippen molar-refractivity contribution in [3.63, 3.8) is 0 Å². The molecule has 1 aliphatic heterocycles. The van der Waals surface area contributed by atoms with E-state index in [1.165, 1.54) is 0 Å². The van der Waals surface area contributed by atoms with Gasteiger partial charge < -0.3 is 14.7 Å². The Bertz CT molecular complexity index is 737. The van der Waals surface area contributed by atoms with Crippen LogP contribution in [0.1, 0.15) is 6.92 Å². The number of carbonyl (C=O) groups excluding carboxylic acids is 1. The number of ether oxygens (including phenoxy) is 1. The molecular formula is C18H19NO4. The van der Waals surface area contributed by atoms with E-state index in [1.807, 2.05) is 49.4 Å². The minimum atomic E-state index is -0.845. The summed E-state index contributed by atoms with van der Waals surface area (Å²) in [7, 11) is 0. The molecule has 0 aromatic heterocycles. The van der Waals surface area contributed by atoms with Gasteiger partial charge in [-0.1, -0.05) is 43.3 Å². The minimum absolute atomic E-state index is 0.0333. The molecule has 0 radical (unpaired) electrons. The van der Waals surface area contributed by atoms with Crippen molar-refractivity contribution in [1.29, 1.82) is 0 Å². The summed E-state index contributed by atoms with van der Waals surface area (Å²) >= 11 is 0. The predicted octanol–water partition coefficient (Wildman–Crippen LogP) is 2.40. The van der Waals surface area contributed by atoms with E-state index in [0.717, 1.165) is 10.8 Å². The molecule has 0 aliphatic carbocycles. The average Bonchev–Trinajstić information content (AvgIpc) is 2.95. The number of carboxylic acid groups (broad SMARTS) is 1. The second-order valence-electron chi connectivity index (χ2n) is 5.99. The van der Waals surface area contributed by atoms with Crippen LogP contribution in [0.3, 0.4) is 0 Å². The van der Waals surface area contributed by atoms with Crippen LogP contribution in [0.2, 0.25) is 0 Å². The van der Waals surface area contributed by atoms with Crippen molar-refractivity contribution in [2.45, 2.75) is 6.92 Å². The number of hydrogen-bond acceptors (Lipinski definition) is 3. The standard InChI is InChI=1S/C18H19NO4/c1-12-9-19(10-15(12)18(21)22)17(20)11-23-16-8-4-6-13-5-2-3-7-14(13)16/h2-8,12,15H,9-11H2,1H3,(H,21,22)/t12-,15-/m1/s1. The van der Waals surface area contributed by atoms with Crippen molar-refractivity contribution >= 4 is 22.6 Å². The number of benzene rings is 2. The molecule has 1 heterocycles. The zero-order valence-corrected chi connectivity index (χ0v) is 12.9. The quantitative estimate of drug-likeness (QED) is 0.941. The van der Waals surface area contributed by atoms with E-state index in [-0.39, 0.29) is 25.0 Å². The number of rotatable bonds is 4. The van der Waals surface area contributed by atoms with E-state index in [2.05, 4.69) is 0 Å². The molecule has 0 unspecified atom stereocenters. The molecule has 5 heteroatoms. The first-order valence-electron chi connectivity index (χ1n) is 7.67. The molecular weight excluding hydrogens is 294 g/mol. The van der Waals surface area contributed by atoms with Crippen LogP contribution in [0.25, 0.3) is 10.8 Å². The highest BCUT2D eigenvalue weighted by Crippen LogP contribution is 2.26. The maximum Gasteiger partial charge on any atom is 0.308 e. The first kappa shape index (κ1) is 15.3. The van der Waals surface area contributed by atoms with Crippen LogP contribution in [-0.2, 0) is 9.59 Å². The molecule has 120 valence electrons. The van der Waals surface area contributed by atoms with Gasteiger partial charge in [-0.25, -0.2) is 0 Å². The largest absolute Gasteiger partial charge is 0.483 e. The van der Waals surface area contributed by atoms with Crippen molar-refractivity contribution in [3.05, 3.63) is 42.5 Å². The van der Waals surface area contributed by atoms with Gasteiger partial charge in [-0.3, -0.25) is 9.59 Å². The normalized spacial score (nSPS) is 20.7. The third-order valence-electron chi connectivity index (χ3n) is 4.38. The lowest BCUT2D eigenvalue weighted by Gasteiger charge is -2.17. The topological polar surface area (TPSA) is 66.8 Å². The monoisotopic (exact) mass is 313 g/mol. The molecule has 0 bridgehead atoms. The van der Waals surface area contributed by atoms with Crippen LogP contribution < -0.4 is 4.74 Å². The SMILES string of the molecule is C[C@@H]1CN(C(=O)COc2cccc3ccccc23)C[C@H]1C(=O)O. The third kappa shape index (κ3) is 3.13. The van der Waals surface area contributed by atoms with Gasteiger partial charge in [0, 0.05) is 18.5 Å². The lowest BCUT2D eigenvalue weighted by molar-refractivity contribution is -0.142. The van der Waals surface area contributed by atoms with Crippen LogP contribution in [0.15, 0.2) is 42.5 Å². The smallest absolute Gasteiger partial charge is 0.308 e. The van der Waals surface area contributed by atoms with Gasteiger partial charge in [0.2, 0.25) is 0 Å². The summed E-state index contributed by atoms with van der Waals surface area (Å²) < 4.78 is 5.69. The average molecular weight is 313 g/mol. The Morgan fingerprint density at radius 1 is 1.17 bits per heavy atom. The Balaban J connectivity index is 1.66. The van der Waals surface area contributed by atoms with Crippen molar-refractivity contribution in [3.8, 4) is 5.75 Å². The van der Waals surface area contributed by atoms with E-state index in [1.54, 1.807) is 4.90 Å². The predicted molar refractivity (Wildman–Crippen MR) is 86.3 cm³/mol. The summed E-state index contributed by atoms with van der Waals surface area (Å²) in [6, 6.07) is 13.5. The molecule has 1 N–H and O–H groups in total. The van der Waals surface area contributed by atoms with Crippen molar-refractivity contribution < 1.29 is 19.4 Å². The number of amides is 1. The molecule has 3 rings (SSSR count). The van der Waals surface area contributed by atoms with Gasteiger partial charge in [0.1, 0.15) is 5.75 Å². The van der Waals surface area contributed by atoms with Gasteiger partial charge >= 0.3 is 5.97 Å². The third-order valence-corrected chi connectivity index (χ3v) is 4.38. The number of nitrogens with zero attached hydrogens (tertiary/aromatic N) is 1. The number of aliphatic carboxylic acids is 1. The highest BCUT2D eigenvalue weighted by molar-refractivity contribution is 5.88. The number of likely N-dealkylation sites (tertiary alicyclic amines) is 1. The van der Waals surface area contributed by atoms with Gasteiger partial charge in [-0.05, 0) is 17.4 Å². The highest BCUT2D eigenvalue weighted by Gasteiger charge is 2.36. The van der Waals surface area contributed by atoms with E-state index in [0.29, 0.717) is 12.3 Å². The van der Waals surface area contributed by atoms with Crippen LogP contribution in [0, 0.1) is 11.8 Å². The van der Waals surface area contributed by atoms with Crippen LogP contribution in [0.4, 0.5) is 0 Å². The molecule has 0 spiro atoms. The maximum absolute atomic E-state index is 12.3. The van der Waals surface area contributed by atoms with E-state index in [4.69, 9.17) is 9.84 Å². The van der Waals surface area contributed by atoms with Crippen LogP contribution >= 0.6 is 0 Å². The summed E-state index contributed by atoms with van der Waals surface area (Å²) in [4.78, 5) is 25.0. The lowest BCUT2D eigenvalue weighted by Crippen LogP contribution is -2.33. The van der Waals surface area contributed by atoms with Gasteiger partial charge in [0.25, 0.3) is 5.91 Å². The van der Waals surface area contributed by atoms with Crippen LogP contribution in [-0.4, -0.2) is 41.6 Å². The fourth-order valence-corrected chi connectivity index (χ4v) is 3.04. The Morgan fingerprint density at radius 3 is 2.65 bits per heavy atom. The molecule has 1 aliphatic rings. The Hall–Kier alpha value is -2.56. The minimum Gasteiger partial charge on any atom is -0.483 e. The van der Waals surface area contributed by atoms with Crippen molar-refractivity contribution in [1.82, 2.24) is 4.90 Å². The highest BCUT2D eigenvalue weighted by atomic mass is 16.5. The molecule has 2 aromatic rings. The molecule has 1 saturated heterocycles. The fraction of sp³-hybridized carbons (Fsp3) is 0.333. The number of fused-ring (bicyclic) bond motifs is 1. The zero-order valence-electron chi connectivity index (χ0n) is 12.9. The number of carbonyl (C=O) groups is 2. The molecule has 23 heavy (non-hydrogen) atoms. The van der Waals surface area contributed by atoms with Crippen LogP contribution in [0.5, 0.6) is 5.75 Å². The van der Waals surface area contributed by atoms with Gasteiger partial charge in [-0.2, -0.15) is 0 Å². The molecule has 2 atom stereocenters. The maximum atomic E-state index is 12.3. The van der Waals surface area contributed by atoms with Crippen molar-refractivity contribution in [2.75, 3.05) is 19.7 Å². The Morgan fingerprint density at radius 2 is 1.91 bits per heavy atom. The van der Waals surface area contributed by atoms with E-state index >= 15 is 0 Å². The van der Waals surface area contributed by atoms with Gasteiger partial charge in [0.15, 0.2) is 6.61 Å². The van der Waals surface area contributed by atoms with Gasteiger partial charge in [-0.15, -0.1) is 0 Å². The molecule has 2 aromatic carbocycles. The molecule has 1 fully saturated rings. The Kier molecular flexibility index (Phi) is 4.19. The summed E-state index contributed by atoms with van der Waals surface area (Å²) in [5.41, 5.74) is 0. The zero-order chi connectivity index (χ0) is 16.4. The summed E-state index contributed by atoms with van der Waals surface area (Å²) in [6.07, 6.45) is 0. The number of carboxylic acids is 1. The Labute approximate surface area is 134 Å².